The predicted molar refractivity (Wildman–Crippen MR) is 65.1 cm³/mol. The van der Waals surface area contributed by atoms with Gasteiger partial charge >= 0.3 is 0 Å². The third-order valence-electron chi connectivity index (χ3n) is 2.60. The summed E-state index contributed by atoms with van der Waals surface area (Å²) in [4.78, 5) is 0. The zero-order valence-corrected chi connectivity index (χ0v) is 10.9. The van der Waals surface area contributed by atoms with E-state index in [9.17, 15) is 9.50 Å². The quantitative estimate of drug-likeness (QED) is 0.838. The second-order valence-corrected chi connectivity index (χ2v) is 5.20. The molecule has 0 radical (unpaired) electrons. The number of aliphatic hydroxyl groups excluding tert-OH is 1. The molecule has 88 valence electrons. The average molecular weight is 309 g/mol. The highest BCUT2D eigenvalue weighted by atomic mass is 79.9. The van der Waals surface area contributed by atoms with Gasteiger partial charge in [0, 0.05) is 22.6 Å². The Morgan fingerprint density at radius 2 is 2.25 bits per heavy atom. The van der Waals surface area contributed by atoms with Crippen molar-refractivity contribution in [1.29, 1.82) is 0 Å². The minimum Gasteiger partial charge on any atom is -0.387 e. The highest BCUT2D eigenvalue weighted by Gasteiger charge is 2.23. The molecule has 0 aromatic heterocycles. The Morgan fingerprint density at radius 3 is 2.88 bits per heavy atom. The summed E-state index contributed by atoms with van der Waals surface area (Å²) in [6, 6.07) is 3.68. The van der Waals surface area contributed by atoms with Crippen molar-refractivity contribution >= 4 is 27.5 Å². The van der Waals surface area contributed by atoms with E-state index in [2.05, 4.69) is 21.2 Å². The van der Waals surface area contributed by atoms with Gasteiger partial charge in [-0.1, -0.05) is 17.7 Å². The standard InChI is InChI=1S/C11H12BrClFNO/c12-8-4-3-7(11(14)10(8)13)9(16)5-15-6-1-2-6/h3-4,6,9,15-16H,1-2,5H2. The molecule has 2 nitrogen and oxygen atoms in total. The zero-order valence-electron chi connectivity index (χ0n) is 8.51. The van der Waals surface area contributed by atoms with Gasteiger partial charge in [-0.3, -0.25) is 0 Å². The second kappa shape index (κ2) is 5.00. The van der Waals surface area contributed by atoms with Crippen molar-refractivity contribution in [3.63, 3.8) is 0 Å². The highest BCUT2D eigenvalue weighted by molar-refractivity contribution is 9.10. The fourth-order valence-electron chi connectivity index (χ4n) is 1.47. The number of benzene rings is 1. The minimum absolute atomic E-state index is 0.0166. The van der Waals surface area contributed by atoms with Crippen LogP contribution in [0.5, 0.6) is 0 Å². The summed E-state index contributed by atoms with van der Waals surface area (Å²) in [5, 5.41) is 13.0. The van der Waals surface area contributed by atoms with Gasteiger partial charge in [0.1, 0.15) is 5.82 Å². The summed E-state index contributed by atoms with van der Waals surface area (Å²) in [6.45, 7) is 0.361. The number of rotatable bonds is 4. The largest absolute Gasteiger partial charge is 0.387 e. The van der Waals surface area contributed by atoms with Crippen LogP contribution in [-0.4, -0.2) is 17.7 Å². The molecule has 1 unspecified atom stereocenters. The molecule has 0 bridgehead atoms. The van der Waals surface area contributed by atoms with Crippen molar-refractivity contribution in [3.05, 3.63) is 33.0 Å². The third-order valence-corrected chi connectivity index (χ3v) is 3.86. The van der Waals surface area contributed by atoms with Crippen LogP contribution in [-0.2, 0) is 0 Å². The first-order valence-corrected chi connectivity index (χ1v) is 6.31. The van der Waals surface area contributed by atoms with Gasteiger partial charge in [-0.15, -0.1) is 0 Å². The van der Waals surface area contributed by atoms with E-state index >= 15 is 0 Å². The first kappa shape index (κ1) is 12.3. The predicted octanol–water partition coefficient (Wildman–Crippen LogP) is 3.03. The van der Waals surface area contributed by atoms with Crippen LogP contribution < -0.4 is 5.32 Å². The van der Waals surface area contributed by atoms with Crippen LogP contribution in [0.25, 0.3) is 0 Å². The van der Waals surface area contributed by atoms with Gasteiger partial charge in [0.05, 0.1) is 11.1 Å². The molecule has 1 aliphatic carbocycles. The lowest BCUT2D eigenvalue weighted by Gasteiger charge is -2.13. The summed E-state index contributed by atoms with van der Waals surface area (Å²) < 4.78 is 14.2. The van der Waals surface area contributed by atoms with Gasteiger partial charge in [0.2, 0.25) is 0 Å². The lowest BCUT2D eigenvalue weighted by molar-refractivity contribution is 0.169. The van der Waals surface area contributed by atoms with Crippen molar-refractivity contribution in [3.8, 4) is 0 Å². The van der Waals surface area contributed by atoms with Crippen LogP contribution in [0.1, 0.15) is 24.5 Å². The summed E-state index contributed by atoms with van der Waals surface area (Å²) in [5.74, 6) is -0.555. The first-order valence-electron chi connectivity index (χ1n) is 5.14. The van der Waals surface area contributed by atoms with E-state index in [1.54, 1.807) is 12.1 Å². The molecule has 1 fully saturated rings. The van der Waals surface area contributed by atoms with Crippen molar-refractivity contribution in [2.45, 2.75) is 25.0 Å². The molecule has 5 heteroatoms. The Balaban J connectivity index is 2.09. The fraction of sp³-hybridized carbons (Fsp3) is 0.455. The molecule has 2 rings (SSSR count). The maximum Gasteiger partial charge on any atom is 0.148 e. The summed E-state index contributed by atoms with van der Waals surface area (Å²) in [7, 11) is 0. The van der Waals surface area contributed by atoms with Crippen molar-refractivity contribution in [2.75, 3.05) is 6.54 Å². The fourth-order valence-corrected chi connectivity index (χ4v) is 1.95. The van der Waals surface area contributed by atoms with Crippen molar-refractivity contribution in [2.24, 2.45) is 0 Å². The normalized spacial score (nSPS) is 17.5. The number of halogens is 3. The molecular weight excluding hydrogens is 296 g/mol. The topological polar surface area (TPSA) is 32.3 Å². The van der Waals surface area contributed by atoms with E-state index in [1.165, 1.54) is 0 Å². The van der Waals surface area contributed by atoms with Gasteiger partial charge in [-0.05, 0) is 34.8 Å². The van der Waals surface area contributed by atoms with Crippen molar-refractivity contribution < 1.29 is 9.50 Å². The molecule has 1 aromatic carbocycles. The number of nitrogens with one attached hydrogen (secondary N) is 1. The highest BCUT2D eigenvalue weighted by Crippen LogP contribution is 2.30. The van der Waals surface area contributed by atoms with E-state index in [4.69, 9.17) is 11.6 Å². The summed E-state index contributed by atoms with van der Waals surface area (Å²) in [5.41, 5.74) is 0.237. The first-order chi connectivity index (χ1) is 7.59. The molecule has 0 aliphatic heterocycles. The Kier molecular flexibility index (Phi) is 3.85. The molecular formula is C11H12BrClFNO. The molecule has 0 saturated heterocycles. The van der Waals surface area contributed by atoms with Crippen LogP contribution in [0.4, 0.5) is 4.39 Å². The summed E-state index contributed by atoms with van der Waals surface area (Å²) in [6.07, 6.45) is 1.42. The number of hydrogen-bond donors (Lipinski definition) is 2. The maximum atomic E-state index is 13.7. The molecule has 0 amide bonds. The van der Waals surface area contributed by atoms with E-state index in [-0.39, 0.29) is 10.6 Å². The van der Waals surface area contributed by atoms with Crippen LogP contribution >= 0.6 is 27.5 Å². The maximum absolute atomic E-state index is 13.7. The molecule has 0 heterocycles. The van der Waals surface area contributed by atoms with E-state index < -0.39 is 11.9 Å². The molecule has 1 aliphatic rings. The Morgan fingerprint density at radius 1 is 1.56 bits per heavy atom. The zero-order chi connectivity index (χ0) is 11.7. The van der Waals surface area contributed by atoms with E-state index in [0.29, 0.717) is 17.1 Å². The smallest absolute Gasteiger partial charge is 0.148 e. The lowest BCUT2D eigenvalue weighted by atomic mass is 10.1. The van der Waals surface area contributed by atoms with Crippen molar-refractivity contribution in [1.82, 2.24) is 5.32 Å². The van der Waals surface area contributed by atoms with Crippen LogP contribution in [0.3, 0.4) is 0 Å². The number of hydrogen-bond acceptors (Lipinski definition) is 2. The monoisotopic (exact) mass is 307 g/mol. The molecule has 1 saturated carbocycles. The third kappa shape index (κ3) is 2.74. The average Bonchev–Trinajstić information content (AvgIpc) is 3.07. The molecule has 16 heavy (non-hydrogen) atoms. The van der Waals surface area contributed by atoms with Gasteiger partial charge in [0.15, 0.2) is 0 Å². The van der Waals surface area contributed by atoms with E-state index in [0.717, 1.165) is 12.8 Å². The van der Waals surface area contributed by atoms with Crippen LogP contribution in [0.2, 0.25) is 5.02 Å². The van der Waals surface area contributed by atoms with Crippen LogP contribution in [0.15, 0.2) is 16.6 Å². The van der Waals surface area contributed by atoms with Crippen LogP contribution in [0, 0.1) is 5.82 Å². The number of aliphatic hydroxyl groups is 1. The molecule has 1 atom stereocenters. The van der Waals surface area contributed by atoms with Gasteiger partial charge in [0.25, 0.3) is 0 Å². The van der Waals surface area contributed by atoms with Gasteiger partial charge < -0.3 is 10.4 Å². The Bertz CT molecular complexity index is 398. The lowest BCUT2D eigenvalue weighted by Crippen LogP contribution is -2.23. The van der Waals surface area contributed by atoms with Gasteiger partial charge in [-0.25, -0.2) is 4.39 Å². The molecule has 0 spiro atoms. The molecule has 1 aromatic rings. The van der Waals surface area contributed by atoms with E-state index in [1.807, 2.05) is 0 Å². The summed E-state index contributed by atoms with van der Waals surface area (Å²) >= 11 is 8.88. The Labute approximate surface area is 107 Å². The molecule has 2 N–H and O–H groups in total. The second-order valence-electron chi connectivity index (χ2n) is 3.96. The SMILES string of the molecule is OC(CNC1CC1)c1ccc(Br)c(Cl)c1F. The van der Waals surface area contributed by atoms with Gasteiger partial charge in [-0.2, -0.15) is 0 Å². The Hall–Kier alpha value is -0.160. The minimum atomic E-state index is -0.855.